The van der Waals surface area contributed by atoms with Crippen LogP contribution in [0.4, 0.5) is 0 Å². The van der Waals surface area contributed by atoms with Crippen molar-refractivity contribution in [3.8, 4) is 5.75 Å². The molecule has 1 aliphatic heterocycles. The Hall–Kier alpha value is -3.42. The van der Waals surface area contributed by atoms with Gasteiger partial charge in [-0.3, -0.25) is 14.0 Å². The molecule has 0 spiro atoms. The smallest absolute Gasteiger partial charge is 0.271 e. The quantitative estimate of drug-likeness (QED) is 0.620. The van der Waals surface area contributed by atoms with Gasteiger partial charge in [-0.2, -0.15) is 0 Å². The van der Waals surface area contributed by atoms with Crippen molar-refractivity contribution in [1.29, 1.82) is 0 Å². The zero-order valence-corrected chi connectivity index (χ0v) is 19.5. The first-order valence-electron chi connectivity index (χ1n) is 11.5. The minimum Gasteiger partial charge on any atom is -0.497 e. The molecular formula is C25H31N5O3. The zero-order chi connectivity index (χ0) is 23.5. The summed E-state index contributed by atoms with van der Waals surface area (Å²) in [7, 11) is 1.66. The van der Waals surface area contributed by atoms with Gasteiger partial charge in [-0.05, 0) is 56.4 Å². The lowest BCUT2D eigenvalue weighted by molar-refractivity contribution is -0.133. The van der Waals surface area contributed by atoms with Crippen LogP contribution in [0.2, 0.25) is 0 Å². The van der Waals surface area contributed by atoms with Gasteiger partial charge in [0.1, 0.15) is 12.1 Å². The number of rotatable bonds is 6. The molecule has 4 rings (SSSR count). The van der Waals surface area contributed by atoms with Gasteiger partial charge in [0.2, 0.25) is 5.91 Å². The Bertz CT molecular complexity index is 1170. The fourth-order valence-electron chi connectivity index (χ4n) is 4.82. The summed E-state index contributed by atoms with van der Waals surface area (Å²) < 4.78 is 7.07. The molecule has 8 heteroatoms. The number of nitrogens with two attached hydrogens (primary N) is 1. The van der Waals surface area contributed by atoms with Crippen LogP contribution in [0.1, 0.15) is 71.1 Å². The number of likely N-dealkylation sites (tertiary alicyclic amines) is 1. The van der Waals surface area contributed by atoms with Gasteiger partial charge in [0.25, 0.3) is 5.91 Å². The first-order valence-corrected chi connectivity index (χ1v) is 11.5. The topological polar surface area (TPSA) is 103 Å². The molecule has 3 aromatic rings. The van der Waals surface area contributed by atoms with Crippen molar-refractivity contribution in [1.82, 2.24) is 19.3 Å². The number of carbonyl (C=O) groups is 2. The van der Waals surface area contributed by atoms with E-state index in [-0.39, 0.29) is 17.6 Å². The molecule has 8 nitrogen and oxygen atoms in total. The van der Waals surface area contributed by atoms with E-state index in [1.165, 1.54) is 0 Å². The minimum atomic E-state index is -0.600. The number of ether oxygens (including phenoxy) is 1. The molecule has 0 bridgehead atoms. The molecule has 0 saturated carbocycles. The lowest BCUT2D eigenvalue weighted by Crippen LogP contribution is -2.35. The van der Waals surface area contributed by atoms with E-state index in [9.17, 15) is 9.59 Å². The Morgan fingerprint density at radius 2 is 1.91 bits per heavy atom. The van der Waals surface area contributed by atoms with Crippen molar-refractivity contribution in [3.05, 3.63) is 58.8 Å². The predicted octanol–water partition coefficient (Wildman–Crippen LogP) is 3.53. The number of methoxy groups -OCH3 is 1. The highest BCUT2D eigenvalue weighted by Gasteiger charge is 2.27. The average Bonchev–Trinajstić information content (AvgIpc) is 3.08. The highest BCUT2D eigenvalue weighted by atomic mass is 16.5. The molecule has 3 heterocycles. The Balaban J connectivity index is 1.55. The number of nitrogens with zero attached hydrogens (tertiary/aromatic N) is 4. The summed E-state index contributed by atoms with van der Waals surface area (Å²) >= 11 is 0. The van der Waals surface area contributed by atoms with Crippen molar-refractivity contribution in [2.45, 2.75) is 58.4 Å². The number of aromatic nitrogens is 3. The van der Waals surface area contributed by atoms with Crippen LogP contribution >= 0.6 is 0 Å². The maximum absolute atomic E-state index is 13.4. The molecule has 1 aromatic carbocycles. The molecule has 2 N–H and O–H groups in total. The van der Waals surface area contributed by atoms with Gasteiger partial charge in [-0.25, -0.2) is 9.97 Å². The van der Waals surface area contributed by atoms with Crippen LogP contribution in [0.15, 0.2) is 30.6 Å². The average molecular weight is 450 g/mol. The third-order valence-corrected chi connectivity index (χ3v) is 6.65. The number of fused-ring (bicyclic) bond motifs is 1. The van der Waals surface area contributed by atoms with Crippen LogP contribution in [-0.2, 0) is 11.2 Å². The minimum absolute atomic E-state index is 0.0838. The lowest BCUT2D eigenvalue weighted by Gasteiger charge is -2.31. The zero-order valence-electron chi connectivity index (χ0n) is 19.5. The van der Waals surface area contributed by atoms with Crippen LogP contribution in [0.5, 0.6) is 5.75 Å². The second-order valence-electron chi connectivity index (χ2n) is 8.64. The largest absolute Gasteiger partial charge is 0.497 e. The summed E-state index contributed by atoms with van der Waals surface area (Å²) in [4.78, 5) is 35.8. The normalized spacial score (nSPS) is 16.6. The number of hydrogen-bond donors (Lipinski definition) is 1. The Morgan fingerprint density at radius 3 is 2.61 bits per heavy atom. The third kappa shape index (κ3) is 4.55. The van der Waals surface area contributed by atoms with E-state index in [1.807, 2.05) is 30.9 Å². The summed E-state index contributed by atoms with van der Waals surface area (Å²) in [5.74, 6) is 0.371. The molecule has 0 radical (unpaired) electrons. The summed E-state index contributed by atoms with van der Waals surface area (Å²) in [6.07, 6.45) is 6.79. The monoisotopic (exact) mass is 449 g/mol. The molecule has 1 fully saturated rings. The summed E-state index contributed by atoms with van der Waals surface area (Å²) in [6.45, 7) is 4.63. The van der Waals surface area contributed by atoms with Gasteiger partial charge in [0.05, 0.1) is 13.2 Å². The Morgan fingerprint density at radius 1 is 1.15 bits per heavy atom. The summed E-state index contributed by atoms with van der Waals surface area (Å²) in [5.41, 5.74) is 9.91. The molecule has 0 aliphatic carbocycles. The fourth-order valence-corrected chi connectivity index (χ4v) is 4.82. The molecule has 2 aromatic heterocycles. The number of imidazole rings is 1. The molecule has 174 valence electrons. The molecule has 1 saturated heterocycles. The van der Waals surface area contributed by atoms with Crippen molar-refractivity contribution in [2.24, 2.45) is 5.73 Å². The van der Waals surface area contributed by atoms with Gasteiger partial charge in [0.15, 0.2) is 11.3 Å². The number of amides is 2. The highest BCUT2D eigenvalue weighted by molar-refractivity contribution is 5.96. The Labute approximate surface area is 193 Å². The standard InChI is InChI=1S/C25H31N5O3/c1-16-20(17(2)30-15-27-23(24(26)32)25(30)28-16)12-13-22(31)29-14-6-4-5-7-21(29)18-8-10-19(33-3)11-9-18/h8-11,15,21H,4-7,12-14H2,1-3H3,(H2,26,32). The van der Waals surface area contributed by atoms with E-state index in [0.29, 0.717) is 18.5 Å². The van der Waals surface area contributed by atoms with Crippen molar-refractivity contribution >= 4 is 17.5 Å². The summed E-state index contributed by atoms with van der Waals surface area (Å²) in [5, 5.41) is 0. The van der Waals surface area contributed by atoms with Crippen molar-refractivity contribution < 1.29 is 14.3 Å². The predicted molar refractivity (Wildman–Crippen MR) is 125 cm³/mol. The van der Waals surface area contributed by atoms with Gasteiger partial charge >= 0.3 is 0 Å². The van der Waals surface area contributed by atoms with E-state index < -0.39 is 5.91 Å². The van der Waals surface area contributed by atoms with Crippen LogP contribution in [0, 0.1) is 13.8 Å². The number of benzene rings is 1. The lowest BCUT2D eigenvalue weighted by atomic mass is 9.99. The number of carbonyl (C=O) groups excluding carboxylic acids is 2. The Kier molecular flexibility index (Phi) is 6.62. The molecular weight excluding hydrogens is 418 g/mol. The van der Waals surface area contributed by atoms with Crippen LogP contribution in [0.25, 0.3) is 5.65 Å². The maximum Gasteiger partial charge on any atom is 0.271 e. The molecule has 2 amide bonds. The molecule has 1 aliphatic rings. The van der Waals surface area contributed by atoms with E-state index in [2.05, 4.69) is 22.1 Å². The van der Waals surface area contributed by atoms with Crippen LogP contribution in [-0.4, -0.2) is 44.7 Å². The SMILES string of the molecule is COc1ccc(C2CCCCCN2C(=O)CCc2c(C)nc3c(C(N)=O)ncn3c2C)cc1. The molecule has 33 heavy (non-hydrogen) atoms. The van der Waals surface area contributed by atoms with Gasteiger partial charge < -0.3 is 15.4 Å². The summed E-state index contributed by atoms with van der Waals surface area (Å²) in [6, 6.07) is 8.14. The van der Waals surface area contributed by atoms with Gasteiger partial charge in [0, 0.05) is 24.4 Å². The van der Waals surface area contributed by atoms with Crippen molar-refractivity contribution in [3.63, 3.8) is 0 Å². The van der Waals surface area contributed by atoms with E-state index in [0.717, 1.165) is 60.5 Å². The molecule has 1 atom stereocenters. The maximum atomic E-state index is 13.4. The van der Waals surface area contributed by atoms with Gasteiger partial charge in [-0.15, -0.1) is 0 Å². The number of hydrogen-bond acceptors (Lipinski definition) is 5. The fraction of sp³-hybridized carbons (Fsp3) is 0.440. The molecule has 1 unspecified atom stereocenters. The van der Waals surface area contributed by atoms with Gasteiger partial charge in [-0.1, -0.05) is 25.0 Å². The van der Waals surface area contributed by atoms with E-state index >= 15 is 0 Å². The second kappa shape index (κ2) is 9.60. The second-order valence-corrected chi connectivity index (χ2v) is 8.64. The highest BCUT2D eigenvalue weighted by Crippen LogP contribution is 2.32. The van der Waals surface area contributed by atoms with Crippen molar-refractivity contribution in [2.75, 3.05) is 13.7 Å². The number of primary amides is 1. The van der Waals surface area contributed by atoms with E-state index in [4.69, 9.17) is 10.5 Å². The van der Waals surface area contributed by atoms with Crippen LogP contribution < -0.4 is 10.5 Å². The number of aryl methyl sites for hydroxylation is 2. The third-order valence-electron chi connectivity index (χ3n) is 6.65. The first kappa shape index (κ1) is 22.8. The van der Waals surface area contributed by atoms with Crippen LogP contribution in [0.3, 0.4) is 0 Å². The van der Waals surface area contributed by atoms with E-state index in [1.54, 1.807) is 17.8 Å². The first-order chi connectivity index (χ1) is 15.9.